The van der Waals surface area contributed by atoms with E-state index in [-0.39, 0.29) is 11.6 Å². The minimum absolute atomic E-state index is 0.256. The Labute approximate surface area is 157 Å². The second-order valence-electron chi connectivity index (χ2n) is 6.34. The van der Waals surface area contributed by atoms with Crippen LogP contribution in [0.1, 0.15) is 27.5 Å². The zero-order chi connectivity index (χ0) is 18.8. The van der Waals surface area contributed by atoms with E-state index >= 15 is 0 Å². The third-order valence-electron chi connectivity index (χ3n) is 4.85. The number of hydrogen-bond donors (Lipinski definition) is 1. The number of pyridine rings is 1. The maximum Gasteiger partial charge on any atom is 0.329 e. The van der Waals surface area contributed by atoms with E-state index in [0.717, 1.165) is 22.3 Å². The van der Waals surface area contributed by atoms with Crippen molar-refractivity contribution in [3.63, 3.8) is 0 Å². The summed E-state index contributed by atoms with van der Waals surface area (Å²) in [5.41, 5.74) is 4.38. The first-order chi connectivity index (χ1) is 13.2. The van der Waals surface area contributed by atoms with Gasteiger partial charge >= 0.3 is 5.97 Å². The zero-order valence-electron chi connectivity index (χ0n) is 14.8. The van der Waals surface area contributed by atoms with E-state index in [1.54, 1.807) is 24.4 Å². The Morgan fingerprint density at radius 2 is 1.52 bits per heavy atom. The number of carbonyl (C=O) groups excluding carboxylic acids is 2. The molecule has 0 spiro atoms. The Bertz CT molecular complexity index is 956. The Morgan fingerprint density at radius 3 is 2.07 bits per heavy atom. The van der Waals surface area contributed by atoms with Crippen LogP contribution < -0.4 is 5.32 Å². The Kier molecular flexibility index (Phi) is 4.42. The standard InChI is InChI=1S/C22H18N2O3/c1-27-22(26)20(24-21(25)18-12-6-7-13-23-18)19-16-10-4-2-8-14(16)15-9-3-5-11-17(15)19/h2-13,19-20H,1H3,(H,24,25)/t20-/m1/s1. The SMILES string of the molecule is COC(=O)[C@H](NC(=O)c1ccccn1)C1c2ccccc2-c2ccccc21. The second-order valence-corrected chi connectivity index (χ2v) is 6.34. The number of rotatable bonds is 4. The van der Waals surface area contributed by atoms with Crippen molar-refractivity contribution in [3.05, 3.63) is 89.7 Å². The number of amides is 1. The fraction of sp³-hybridized carbons (Fsp3) is 0.136. The highest BCUT2D eigenvalue weighted by atomic mass is 16.5. The summed E-state index contributed by atoms with van der Waals surface area (Å²) in [7, 11) is 1.33. The van der Waals surface area contributed by atoms with Crippen LogP contribution in [0, 0.1) is 0 Å². The van der Waals surface area contributed by atoms with Gasteiger partial charge in [-0.2, -0.15) is 0 Å². The van der Waals surface area contributed by atoms with Gasteiger partial charge in [0.2, 0.25) is 0 Å². The first-order valence-electron chi connectivity index (χ1n) is 8.68. The van der Waals surface area contributed by atoms with Gasteiger partial charge in [-0.1, -0.05) is 54.6 Å². The molecule has 3 aromatic rings. The average Bonchev–Trinajstić information content (AvgIpc) is 3.06. The summed E-state index contributed by atoms with van der Waals surface area (Å²) in [6.45, 7) is 0. The van der Waals surface area contributed by atoms with Crippen molar-refractivity contribution in [1.82, 2.24) is 10.3 Å². The molecule has 1 aromatic heterocycles. The maximum absolute atomic E-state index is 12.7. The second kappa shape index (κ2) is 7.03. The van der Waals surface area contributed by atoms with E-state index in [4.69, 9.17) is 4.74 Å². The van der Waals surface area contributed by atoms with Gasteiger partial charge in [0.1, 0.15) is 11.7 Å². The molecule has 1 N–H and O–H groups in total. The maximum atomic E-state index is 12.7. The van der Waals surface area contributed by atoms with Crippen LogP contribution >= 0.6 is 0 Å². The molecule has 5 nitrogen and oxygen atoms in total. The van der Waals surface area contributed by atoms with E-state index in [2.05, 4.69) is 10.3 Å². The van der Waals surface area contributed by atoms with Gasteiger partial charge in [0.15, 0.2) is 0 Å². The quantitative estimate of drug-likeness (QED) is 0.728. The molecular weight excluding hydrogens is 340 g/mol. The lowest BCUT2D eigenvalue weighted by atomic mass is 9.89. The number of nitrogens with zero attached hydrogens (tertiary/aromatic N) is 1. The summed E-state index contributed by atoms with van der Waals surface area (Å²) < 4.78 is 5.02. The summed E-state index contributed by atoms with van der Waals surface area (Å²) in [5, 5.41) is 2.83. The van der Waals surface area contributed by atoms with E-state index in [9.17, 15) is 9.59 Å². The predicted octanol–water partition coefficient (Wildman–Crippen LogP) is 3.17. The molecule has 0 fully saturated rings. The van der Waals surface area contributed by atoms with Gasteiger partial charge in [-0.25, -0.2) is 4.79 Å². The highest BCUT2D eigenvalue weighted by Crippen LogP contribution is 2.46. The first kappa shape index (κ1) is 17.0. The summed E-state index contributed by atoms with van der Waals surface area (Å²) >= 11 is 0. The molecule has 1 amide bonds. The lowest BCUT2D eigenvalue weighted by Crippen LogP contribution is -2.45. The van der Waals surface area contributed by atoms with Crippen LogP contribution in [0.5, 0.6) is 0 Å². The number of aromatic nitrogens is 1. The van der Waals surface area contributed by atoms with E-state index < -0.39 is 17.9 Å². The van der Waals surface area contributed by atoms with Gasteiger partial charge in [-0.15, -0.1) is 0 Å². The minimum Gasteiger partial charge on any atom is -0.467 e. The minimum atomic E-state index is -0.852. The van der Waals surface area contributed by atoms with Crippen LogP contribution in [-0.4, -0.2) is 30.0 Å². The number of methoxy groups -OCH3 is 1. The molecule has 2 aromatic carbocycles. The monoisotopic (exact) mass is 358 g/mol. The Morgan fingerprint density at radius 1 is 0.926 bits per heavy atom. The fourth-order valence-corrected chi connectivity index (χ4v) is 3.67. The predicted molar refractivity (Wildman–Crippen MR) is 101 cm³/mol. The van der Waals surface area contributed by atoms with Gasteiger partial charge in [0, 0.05) is 12.1 Å². The summed E-state index contributed by atoms with van der Waals surface area (Å²) in [4.78, 5) is 29.4. The number of carbonyl (C=O) groups is 2. The lowest BCUT2D eigenvalue weighted by molar-refractivity contribution is -0.143. The number of ether oxygens (including phenoxy) is 1. The van der Waals surface area contributed by atoms with Gasteiger partial charge in [-0.3, -0.25) is 9.78 Å². The largest absolute Gasteiger partial charge is 0.467 e. The molecule has 0 aliphatic heterocycles. The molecule has 0 unspecified atom stereocenters. The molecule has 1 atom stereocenters. The molecule has 1 aliphatic carbocycles. The van der Waals surface area contributed by atoms with E-state index in [1.807, 2.05) is 48.5 Å². The van der Waals surface area contributed by atoms with Crippen molar-refractivity contribution in [1.29, 1.82) is 0 Å². The number of hydrogen-bond acceptors (Lipinski definition) is 4. The Balaban J connectivity index is 1.77. The molecule has 1 aliphatic rings. The molecule has 4 rings (SSSR count). The van der Waals surface area contributed by atoms with Crippen molar-refractivity contribution in [2.24, 2.45) is 0 Å². The molecule has 0 bridgehead atoms. The van der Waals surface area contributed by atoms with Gasteiger partial charge < -0.3 is 10.1 Å². The normalized spacial score (nSPS) is 13.4. The van der Waals surface area contributed by atoms with Gasteiger partial charge in [-0.05, 0) is 34.4 Å². The van der Waals surface area contributed by atoms with Crippen molar-refractivity contribution in [3.8, 4) is 11.1 Å². The number of benzene rings is 2. The average molecular weight is 358 g/mol. The van der Waals surface area contributed by atoms with Crippen molar-refractivity contribution >= 4 is 11.9 Å². The van der Waals surface area contributed by atoms with Crippen LogP contribution in [0.3, 0.4) is 0 Å². The van der Waals surface area contributed by atoms with Gasteiger partial charge in [0.25, 0.3) is 5.91 Å². The smallest absolute Gasteiger partial charge is 0.329 e. The van der Waals surface area contributed by atoms with E-state index in [0.29, 0.717) is 0 Å². The highest BCUT2D eigenvalue weighted by molar-refractivity contribution is 5.96. The van der Waals surface area contributed by atoms with Crippen molar-refractivity contribution in [2.75, 3.05) is 7.11 Å². The number of nitrogens with one attached hydrogen (secondary N) is 1. The molecule has 0 saturated carbocycles. The van der Waals surface area contributed by atoms with Crippen LogP contribution in [0.15, 0.2) is 72.9 Å². The summed E-state index contributed by atoms with van der Waals surface area (Å²) in [6.07, 6.45) is 1.54. The molecular formula is C22H18N2O3. The van der Waals surface area contributed by atoms with Gasteiger partial charge in [0.05, 0.1) is 7.11 Å². The molecule has 134 valence electrons. The number of esters is 1. The molecule has 0 saturated heterocycles. The van der Waals surface area contributed by atoms with Crippen LogP contribution in [0.4, 0.5) is 0 Å². The summed E-state index contributed by atoms with van der Waals surface area (Å²) in [6, 6.07) is 20.1. The first-order valence-corrected chi connectivity index (χ1v) is 8.68. The lowest BCUT2D eigenvalue weighted by Gasteiger charge is -2.24. The summed E-state index contributed by atoms with van der Waals surface area (Å²) in [5.74, 6) is -1.22. The molecule has 5 heteroatoms. The fourth-order valence-electron chi connectivity index (χ4n) is 3.67. The third-order valence-corrected chi connectivity index (χ3v) is 4.85. The molecule has 27 heavy (non-hydrogen) atoms. The topological polar surface area (TPSA) is 68.3 Å². The highest BCUT2D eigenvalue weighted by Gasteiger charge is 2.39. The number of fused-ring (bicyclic) bond motifs is 3. The zero-order valence-corrected chi connectivity index (χ0v) is 14.8. The van der Waals surface area contributed by atoms with Crippen molar-refractivity contribution < 1.29 is 14.3 Å². The third kappa shape index (κ3) is 2.97. The Hall–Kier alpha value is -3.47. The van der Waals surface area contributed by atoms with Crippen LogP contribution in [0.25, 0.3) is 11.1 Å². The molecule has 1 heterocycles. The van der Waals surface area contributed by atoms with Crippen LogP contribution in [-0.2, 0) is 9.53 Å². The van der Waals surface area contributed by atoms with E-state index in [1.165, 1.54) is 7.11 Å². The molecule has 0 radical (unpaired) electrons. The van der Waals surface area contributed by atoms with Crippen LogP contribution in [0.2, 0.25) is 0 Å². The van der Waals surface area contributed by atoms with Crippen molar-refractivity contribution in [2.45, 2.75) is 12.0 Å².